The molecule has 0 radical (unpaired) electrons. The van der Waals surface area contributed by atoms with Gasteiger partial charge in [-0.15, -0.1) is 0 Å². The maximum atomic E-state index is 12.8. The zero-order valence-corrected chi connectivity index (χ0v) is 11.2. The zero-order valence-electron chi connectivity index (χ0n) is 10.4. The third kappa shape index (κ3) is 3.26. The van der Waals surface area contributed by atoms with Crippen molar-refractivity contribution < 1.29 is 22.8 Å². The molecule has 0 saturated heterocycles. The summed E-state index contributed by atoms with van der Waals surface area (Å²) < 4.78 is 38.8. The van der Waals surface area contributed by atoms with Crippen LogP contribution in [0, 0.1) is 15.9 Å². The van der Waals surface area contributed by atoms with Crippen LogP contribution in [0.1, 0.15) is 0 Å². The number of nitrogens with one attached hydrogen (secondary N) is 1. The quantitative estimate of drug-likeness (QED) is 0.511. The molecule has 0 spiro atoms. The molecule has 9 heteroatoms. The number of anilines is 1. The van der Waals surface area contributed by atoms with Crippen LogP contribution in [0.4, 0.5) is 15.8 Å². The monoisotopic (exact) mass is 312 g/mol. The SMILES string of the molecule is O=[N+]([O-])c1ccc(NS(=O)(=O)c2ccc(F)cc2)c(O)c1. The van der Waals surface area contributed by atoms with Crippen LogP contribution < -0.4 is 4.72 Å². The van der Waals surface area contributed by atoms with Crippen molar-refractivity contribution in [2.75, 3.05) is 4.72 Å². The molecule has 0 atom stereocenters. The lowest BCUT2D eigenvalue weighted by atomic mass is 10.2. The van der Waals surface area contributed by atoms with Gasteiger partial charge in [-0.2, -0.15) is 0 Å². The molecule has 2 aromatic rings. The van der Waals surface area contributed by atoms with Crippen LogP contribution >= 0.6 is 0 Å². The number of nitro groups is 1. The number of phenolic OH excluding ortho intramolecular Hbond substituents is 1. The molecule has 0 amide bonds. The second-order valence-corrected chi connectivity index (χ2v) is 5.70. The molecule has 0 heterocycles. The largest absolute Gasteiger partial charge is 0.505 e. The van der Waals surface area contributed by atoms with Gasteiger partial charge in [0, 0.05) is 6.07 Å². The molecular formula is C12H9FN2O5S. The van der Waals surface area contributed by atoms with E-state index in [1.807, 2.05) is 0 Å². The fourth-order valence-corrected chi connectivity index (χ4v) is 2.61. The van der Waals surface area contributed by atoms with Gasteiger partial charge < -0.3 is 5.11 Å². The maximum absolute atomic E-state index is 12.8. The predicted molar refractivity (Wildman–Crippen MR) is 72.0 cm³/mol. The highest BCUT2D eigenvalue weighted by atomic mass is 32.2. The number of sulfonamides is 1. The van der Waals surface area contributed by atoms with Gasteiger partial charge in [-0.25, -0.2) is 12.8 Å². The number of nitro benzene ring substituents is 1. The highest BCUT2D eigenvalue weighted by molar-refractivity contribution is 7.92. The second-order valence-electron chi connectivity index (χ2n) is 4.02. The van der Waals surface area contributed by atoms with E-state index in [0.29, 0.717) is 0 Å². The summed E-state index contributed by atoms with van der Waals surface area (Å²) in [6, 6.07) is 6.99. The molecule has 0 bridgehead atoms. The van der Waals surface area contributed by atoms with Crippen LogP contribution in [-0.2, 0) is 10.0 Å². The lowest BCUT2D eigenvalue weighted by Gasteiger charge is -2.09. The summed E-state index contributed by atoms with van der Waals surface area (Å²) >= 11 is 0. The summed E-state index contributed by atoms with van der Waals surface area (Å²) in [5.41, 5.74) is -0.595. The van der Waals surface area contributed by atoms with Crippen molar-refractivity contribution in [2.24, 2.45) is 0 Å². The van der Waals surface area contributed by atoms with Crippen LogP contribution in [0.3, 0.4) is 0 Å². The van der Waals surface area contributed by atoms with E-state index in [2.05, 4.69) is 4.72 Å². The molecule has 0 aliphatic carbocycles. The number of nitrogens with zero attached hydrogens (tertiary/aromatic N) is 1. The van der Waals surface area contributed by atoms with Gasteiger partial charge >= 0.3 is 0 Å². The Bertz CT molecular complexity index is 790. The molecule has 0 unspecified atom stereocenters. The smallest absolute Gasteiger partial charge is 0.273 e. The van der Waals surface area contributed by atoms with Gasteiger partial charge in [0.2, 0.25) is 0 Å². The number of phenols is 1. The van der Waals surface area contributed by atoms with Gasteiger partial charge in [-0.3, -0.25) is 14.8 Å². The Morgan fingerprint density at radius 1 is 1.14 bits per heavy atom. The van der Waals surface area contributed by atoms with Crippen molar-refractivity contribution >= 4 is 21.4 Å². The summed E-state index contributed by atoms with van der Waals surface area (Å²) in [6.07, 6.45) is 0. The van der Waals surface area contributed by atoms with Crippen molar-refractivity contribution in [3.63, 3.8) is 0 Å². The molecule has 2 N–H and O–H groups in total. The third-order valence-electron chi connectivity index (χ3n) is 2.56. The van der Waals surface area contributed by atoms with Gasteiger partial charge in [0.15, 0.2) is 0 Å². The van der Waals surface area contributed by atoms with Crippen LogP contribution in [0.15, 0.2) is 47.4 Å². The number of aromatic hydroxyl groups is 1. The van der Waals surface area contributed by atoms with Gasteiger partial charge in [0.1, 0.15) is 11.6 Å². The van der Waals surface area contributed by atoms with E-state index in [4.69, 9.17) is 0 Å². The Labute approximate surface area is 118 Å². The third-order valence-corrected chi connectivity index (χ3v) is 3.94. The van der Waals surface area contributed by atoms with Crippen molar-refractivity contribution in [3.8, 4) is 5.75 Å². The van der Waals surface area contributed by atoms with Crippen molar-refractivity contribution in [3.05, 3.63) is 58.4 Å². The fourth-order valence-electron chi connectivity index (χ4n) is 1.54. The van der Waals surface area contributed by atoms with E-state index in [1.54, 1.807) is 0 Å². The van der Waals surface area contributed by atoms with Crippen LogP contribution in [0.2, 0.25) is 0 Å². The normalized spacial score (nSPS) is 11.1. The van der Waals surface area contributed by atoms with E-state index < -0.39 is 26.5 Å². The minimum absolute atomic E-state index is 0.207. The van der Waals surface area contributed by atoms with Crippen molar-refractivity contribution in [1.29, 1.82) is 0 Å². The molecule has 21 heavy (non-hydrogen) atoms. The van der Waals surface area contributed by atoms with E-state index >= 15 is 0 Å². The molecular weight excluding hydrogens is 303 g/mol. The molecule has 2 aromatic carbocycles. The molecule has 0 saturated carbocycles. The minimum atomic E-state index is -4.03. The summed E-state index contributed by atoms with van der Waals surface area (Å²) in [7, 11) is -4.03. The molecule has 0 aromatic heterocycles. The van der Waals surface area contributed by atoms with Gasteiger partial charge in [-0.05, 0) is 30.3 Å². The minimum Gasteiger partial charge on any atom is -0.505 e. The molecule has 0 aliphatic rings. The number of benzene rings is 2. The molecule has 0 aliphatic heterocycles. The molecule has 7 nitrogen and oxygen atoms in total. The number of non-ortho nitro benzene ring substituents is 1. The first kappa shape index (κ1) is 14.7. The first-order valence-corrected chi connectivity index (χ1v) is 7.04. The lowest BCUT2D eigenvalue weighted by molar-refractivity contribution is -0.384. The van der Waals surface area contributed by atoms with Crippen LogP contribution in [0.25, 0.3) is 0 Å². The Morgan fingerprint density at radius 2 is 1.76 bits per heavy atom. The number of rotatable bonds is 4. The molecule has 110 valence electrons. The van der Waals surface area contributed by atoms with Gasteiger partial charge in [0.05, 0.1) is 21.6 Å². The number of hydrogen-bond donors (Lipinski definition) is 2. The number of hydrogen-bond acceptors (Lipinski definition) is 5. The van der Waals surface area contributed by atoms with E-state index in [-0.39, 0.29) is 16.3 Å². The Kier molecular flexibility index (Phi) is 3.76. The average molecular weight is 312 g/mol. The first-order valence-electron chi connectivity index (χ1n) is 5.55. The van der Waals surface area contributed by atoms with Crippen molar-refractivity contribution in [2.45, 2.75) is 4.90 Å². The standard InChI is InChI=1S/C12H9FN2O5S/c13-8-1-4-10(5-2-8)21(19,20)14-11-6-3-9(15(17)18)7-12(11)16/h1-7,14,16H. The summed E-state index contributed by atoms with van der Waals surface area (Å²) in [5.74, 6) is -1.18. The van der Waals surface area contributed by atoms with Crippen LogP contribution in [0.5, 0.6) is 5.75 Å². The topological polar surface area (TPSA) is 110 Å². The predicted octanol–water partition coefficient (Wildman–Crippen LogP) is 2.24. The summed E-state index contributed by atoms with van der Waals surface area (Å²) in [4.78, 5) is 9.59. The first-order chi connectivity index (χ1) is 9.79. The fraction of sp³-hybridized carbons (Fsp3) is 0. The zero-order chi connectivity index (χ0) is 15.6. The maximum Gasteiger partial charge on any atom is 0.273 e. The Morgan fingerprint density at radius 3 is 2.29 bits per heavy atom. The van der Waals surface area contributed by atoms with E-state index in [0.717, 1.165) is 42.5 Å². The van der Waals surface area contributed by atoms with Gasteiger partial charge in [-0.1, -0.05) is 0 Å². The second kappa shape index (κ2) is 5.37. The van der Waals surface area contributed by atoms with E-state index in [9.17, 15) is 28.0 Å². The summed E-state index contributed by atoms with van der Waals surface area (Å²) in [6.45, 7) is 0. The Hall–Kier alpha value is -2.68. The highest BCUT2D eigenvalue weighted by Gasteiger charge is 2.18. The average Bonchev–Trinajstić information content (AvgIpc) is 2.41. The summed E-state index contributed by atoms with van der Waals surface area (Å²) in [5, 5.41) is 20.1. The highest BCUT2D eigenvalue weighted by Crippen LogP contribution is 2.29. The Balaban J connectivity index is 2.32. The van der Waals surface area contributed by atoms with Crippen molar-refractivity contribution in [1.82, 2.24) is 0 Å². The number of halogens is 1. The van der Waals surface area contributed by atoms with E-state index in [1.165, 1.54) is 0 Å². The molecule has 0 fully saturated rings. The molecule has 2 rings (SSSR count). The van der Waals surface area contributed by atoms with Gasteiger partial charge in [0.25, 0.3) is 15.7 Å². The lowest BCUT2D eigenvalue weighted by Crippen LogP contribution is -2.13. The van der Waals surface area contributed by atoms with Crippen LogP contribution in [-0.4, -0.2) is 18.4 Å².